The molecule has 8 heteroatoms. The fraction of sp³-hybridized carbons (Fsp3) is 0.536. The minimum Gasteiger partial charge on any atom is -0.486 e. The summed E-state index contributed by atoms with van der Waals surface area (Å²) in [5.41, 5.74) is 2.29. The Morgan fingerprint density at radius 1 is 1.17 bits per heavy atom. The lowest BCUT2D eigenvalue weighted by atomic mass is 9.97. The number of ether oxygens (including phenoxy) is 5. The molecule has 2 aliphatic rings. The predicted octanol–water partition coefficient (Wildman–Crippen LogP) is 3.93. The van der Waals surface area contributed by atoms with Crippen molar-refractivity contribution < 1.29 is 33.6 Å². The molecule has 2 atom stereocenters. The Balaban J connectivity index is 1.24. The molecule has 0 spiro atoms. The number of carbonyl (C=O) groups is 1. The quantitative estimate of drug-likeness (QED) is 0.417. The monoisotopic (exact) mass is 499 g/mol. The third-order valence-electron chi connectivity index (χ3n) is 6.07. The molecule has 196 valence electrons. The molecule has 8 nitrogen and oxygen atoms in total. The van der Waals surface area contributed by atoms with Gasteiger partial charge in [-0.2, -0.15) is 0 Å². The second kappa shape index (κ2) is 10.7. The van der Waals surface area contributed by atoms with Crippen LogP contribution in [0, 0.1) is 5.41 Å². The smallest absolute Gasteiger partial charge is 0.311 e. The number of benzene rings is 2. The fourth-order valence-electron chi connectivity index (χ4n) is 3.94. The summed E-state index contributed by atoms with van der Waals surface area (Å²) in [4.78, 5) is 12.0. The van der Waals surface area contributed by atoms with Gasteiger partial charge in [0.25, 0.3) is 0 Å². The number of carbonyl (C=O) groups excluding carboxylic acids is 1. The van der Waals surface area contributed by atoms with Crippen molar-refractivity contribution in [2.75, 3.05) is 26.3 Å². The summed E-state index contributed by atoms with van der Waals surface area (Å²) in [5.74, 6) is 1.23. The van der Waals surface area contributed by atoms with Gasteiger partial charge < -0.3 is 34.1 Å². The first kappa shape index (κ1) is 26.3. The maximum atomic E-state index is 12.0. The van der Waals surface area contributed by atoms with Crippen molar-refractivity contribution >= 4 is 5.97 Å². The highest BCUT2D eigenvalue weighted by Crippen LogP contribution is 2.34. The van der Waals surface area contributed by atoms with E-state index < -0.39 is 17.3 Å². The highest BCUT2D eigenvalue weighted by molar-refractivity contribution is 5.75. The van der Waals surface area contributed by atoms with Crippen LogP contribution in [0.3, 0.4) is 0 Å². The molecule has 2 aliphatic heterocycles. The SMILES string of the molecule is CC1(C)OCc2cc([C@@H](O)CNCCc3ccc4c(c3)O[C@H](COC(=O)C(C)(C)C)CO4)ccc2O1. The molecule has 0 aromatic heterocycles. The van der Waals surface area contributed by atoms with Gasteiger partial charge in [0.05, 0.1) is 18.1 Å². The molecule has 0 unspecified atom stereocenters. The number of nitrogens with one attached hydrogen (secondary N) is 1. The van der Waals surface area contributed by atoms with Crippen molar-refractivity contribution in [1.82, 2.24) is 5.32 Å². The lowest BCUT2D eigenvalue weighted by Gasteiger charge is -2.33. The van der Waals surface area contributed by atoms with E-state index in [0.29, 0.717) is 37.8 Å². The van der Waals surface area contributed by atoms with E-state index in [4.69, 9.17) is 23.7 Å². The first-order valence-electron chi connectivity index (χ1n) is 12.4. The normalized spacial score (nSPS) is 19.1. The molecule has 0 aliphatic carbocycles. The van der Waals surface area contributed by atoms with Gasteiger partial charge in [0.2, 0.25) is 5.79 Å². The van der Waals surface area contributed by atoms with E-state index in [2.05, 4.69) is 5.32 Å². The maximum Gasteiger partial charge on any atom is 0.311 e. The van der Waals surface area contributed by atoms with E-state index in [9.17, 15) is 9.90 Å². The van der Waals surface area contributed by atoms with Crippen LogP contribution in [0.25, 0.3) is 0 Å². The molecular formula is C28H37NO7. The number of aliphatic hydroxyl groups is 1. The molecule has 0 bridgehead atoms. The van der Waals surface area contributed by atoms with Crippen LogP contribution in [0.1, 0.15) is 57.4 Å². The summed E-state index contributed by atoms with van der Waals surface area (Å²) in [5, 5.41) is 14.0. The molecule has 4 rings (SSSR count). The molecular weight excluding hydrogens is 462 g/mol. The molecule has 2 N–H and O–H groups in total. The Hall–Kier alpha value is -2.81. The zero-order valence-electron chi connectivity index (χ0n) is 21.8. The van der Waals surface area contributed by atoms with Crippen molar-refractivity contribution in [3.63, 3.8) is 0 Å². The lowest BCUT2D eigenvalue weighted by molar-refractivity contribution is -0.180. The standard InChI is InChI=1S/C28H37NO7/c1-27(2,3)26(31)33-17-21-16-32-24-8-6-18(12-25(24)35-21)10-11-29-14-22(30)19-7-9-23-20(13-19)15-34-28(4,5)36-23/h6-9,12-13,21-22,29-30H,10-11,14-17H2,1-5H3/t21-,22-/m0/s1. The number of aliphatic hydroxyl groups excluding tert-OH is 1. The molecule has 2 aromatic carbocycles. The van der Waals surface area contributed by atoms with Gasteiger partial charge in [0.1, 0.15) is 19.0 Å². The number of fused-ring (bicyclic) bond motifs is 2. The maximum absolute atomic E-state index is 12.0. The van der Waals surface area contributed by atoms with Crippen LogP contribution in [0.15, 0.2) is 36.4 Å². The molecule has 0 radical (unpaired) electrons. The largest absolute Gasteiger partial charge is 0.486 e. The Bertz CT molecular complexity index is 1080. The number of esters is 1. The van der Waals surface area contributed by atoms with Gasteiger partial charge in [-0.05, 0) is 69.1 Å². The minimum atomic E-state index is -0.637. The molecule has 2 aromatic rings. The average Bonchev–Trinajstić information content (AvgIpc) is 2.83. The van der Waals surface area contributed by atoms with E-state index >= 15 is 0 Å². The number of hydrogen-bond acceptors (Lipinski definition) is 8. The van der Waals surface area contributed by atoms with Gasteiger partial charge in [-0.3, -0.25) is 4.79 Å². The topological polar surface area (TPSA) is 95.5 Å². The van der Waals surface area contributed by atoms with Crippen LogP contribution in [0.2, 0.25) is 0 Å². The molecule has 36 heavy (non-hydrogen) atoms. The van der Waals surface area contributed by atoms with Gasteiger partial charge in [-0.1, -0.05) is 12.1 Å². The van der Waals surface area contributed by atoms with E-state index in [1.807, 2.05) is 71.0 Å². The summed E-state index contributed by atoms with van der Waals surface area (Å²) < 4.78 is 28.7. The fourth-order valence-corrected chi connectivity index (χ4v) is 3.94. The second-order valence-electron chi connectivity index (χ2n) is 10.8. The summed E-state index contributed by atoms with van der Waals surface area (Å²) in [6.07, 6.45) is -0.221. The Labute approximate surface area is 212 Å². The molecule has 0 saturated carbocycles. The number of rotatable bonds is 8. The van der Waals surface area contributed by atoms with Gasteiger partial charge in [-0.25, -0.2) is 0 Å². The van der Waals surface area contributed by atoms with Crippen LogP contribution < -0.4 is 19.5 Å². The van der Waals surface area contributed by atoms with E-state index in [0.717, 1.165) is 28.9 Å². The van der Waals surface area contributed by atoms with Crippen LogP contribution in [-0.2, 0) is 27.3 Å². The van der Waals surface area contributed by atoms with Crippen molar-refractivity contribution in [3.05, 3.63) is 53.1 Å². The van der Waals surface area contributed by atoms with Crippen LogP contribution in [0.5, 0.6) is 17.2 Å². The first-order chi connectivity index (χ1) is 17.0. The van der Waals surface area contributed by atoms with Gasteiger partial charge >= 0.3 is 5.97 Å². The van der Waals surface area contributed by atoms with Crippen molar-refractivity contribution in [1.29, 1.82) is 0 Å². The predicted molar refractivity (Wildman–Crippen MR) is 134 cm³/mol. The van der Waals surface area contributed by atoms with Crippen molar-refractivity contribution in [3.8, 4) is 17.2 Å². The third-order valence-corrected chi connectivity index (χ3v) is 6.07. The Kier molecular flexibility index (Phi) is 7.78. The molecule has 0 saturated heterocycles. The van der Waals surface area contributed by atoms with Gasteiger partial charge in [0, 0.05) is 26.0 Å². The van der Waals surface area contributed by atoms with Gasteiger partial charge in [0.15, 0.2) is 17.6 Å². The van der Waals surface area contributed by atoms with Crippen molar-refractivity contribution in [2.45, 2.75) is 65.6 Å². The first-order valence-corrected chi connectivity index (χ1v) is 12.4. The van der Waals surface area contributed by atoms with Crippen LogP contribution in [-0.4, -0.2) is 49.3 Å². The van der Waals surface area contributed by atoms with Crippen LogP contribution in [0.4, 0.5) is 0 Å². The lowest BCUT2D eigenvalue weighted by Crippen LogP contribution is -2.36. The highest BCUT2D eigenvalue weighted by Gasteiger charge is 2.28. The molecule has 0 amide bonds. The van der Waals surface area contributed by atoms with E-state index in [1.54, 1.807) is 0 Å². The summed E-state index contributed by atoms with van der Waals surface area (Å²) in [6, 6.07) is 11.6. The zero-order valence-corrected chi connectivity index (χ0v) is 21.8. The summed E-state index contributed by atoms with van der Waals surface area (Å²) in [7, 11) is 0. The van der Waals surface area contributed by atoms with Crippen molar-refractivity contribution in [2.24, 2.45) is 5.41 Å². The third kappa shape index (κ3) is 6.69. The Morgan fingerprint density at radius 2 is 1.94 bits per heavy atom. The summed E-state index contributed by atoms with van der Waals surface area (Å²) in [6.45, 7) is 11.3. The summed E-state index contributed by atoms with van der Waals surface area (Å²) >= 11 is 0. The molecule has 0 fully saturated rings. The van der Waals surface area contributed by atoms with E-state index in [1.165, 1.54) is 0 Å². The van der Waals surface area contributed by atoms with E-state index in [-0.39, 0.29) is 18.7 Å². The second-order valence-corrected chi connectivity index (χ2v) is 10.8. The average molecular weight is 500 g/mol. The number of hydrogen-bond donors (Lipinski definition) is 2. The van der Waals surface area contributed by atoms with Gasteiger partial charge in [-0.15, -0.1) is 0 Å². The zero-order chi connectivity index (χ0) is 25.9. The Morgan fingerprint density at radius 3 is 2.72 bits per heavy atom. The highest BCUT2D eigenvalue weighted by atomic mass is 16.7. The minimum absolute atomic E-state index is 0.151. The molecule has 2 heterocycles. The van der Waals surface area contributed by atoms with Crippen LogP contribution >= 0.6 is 0 Å².